The quantitative estimate of drug-likeness (QED) is 0.810. The van der Waals surface area contributed by atoms with Crippen LogP contribution in [-0.4, -0.2) is 18.5 Å². The highest BCUT2D eigenvalue weighted by Gasteiger charge is 2.27. The van der Waals surface area contributed by atoms with Crippen molar-refractivity contribution in [2.45, 2.75) is 64.3 Å². The Morgan fingerprint density at radius 1 is 1.17 bits per heavy atom. The Morgan fingerprint density at radius 2 is 1.94 bits per heavy atom. The number of rotatable bonds is 3. The van der Waals surface area contributed by atoms with E-state index in [0.717, 1.165) is 38.1 Å². The van der Waals surface area contributed by atoms with E-state index in [1.165, 1.54) is 25.7 Å². The van der Waals surface area contributed by atoms with Gasteiger partial charge in [-0.15, -0.1) is 0 Å². The van der Waals surface area contributed by atoms with Gasteiger partial charge >= 0.3 is 0 Å². The summed E-state index contributed by atoms with van der Waals surface area (Å²) in [5.74, 6) is 1.89. The van der Waals surface area contributed by atoms with Gasteiger partial charge in [0, 0.05) is 18.5 Å². The van der Waals surface area contributed by atoms with Crippen LogP contribution in [-0.2, 0) is 4.79 Å². The van der Waals surface area contributed by atoms with Crippen molar-refractivity contribution in [2.75, 3.05) is 6.54 Å². The van der Waals surface area contributed by atoms with Gasteiger partial charge in [0.25, 0.3) is 0 Å². The van der Waals surface area contributed by atoms with Crippen LogP contribution >= 0.6 is 0 Å². The SMILES string of the molecule is CC1CCCCC1CNC(=O)C1CCCC(N)C1. The van der Waals surface area contributed by atoms with E-state index in [0.29, 0.717) is 5.92 Å². The van der Waals surface area contributed by atoms with Crippen LogP contribution in [0.15, 0.2) is 0 Å². The van der Waals surface area contributed by atoms with Crippen molar-refractivity contribution in [3.05, 3.63) is 0 Å². The highest BCUT2D eigenvalue weighted by Crippen LogP contribution is 2.29. The van der Waals surface area contributed by atoms with Gasteiger partial charge in [0.05, 0.1) is 0 Å². The van der Waals surface area contributed by atoms with Crippen LogP contribution in [0.3, 0.4) is 0 Å². The summed E-state index contributed by atoms with van der Waals surface area (Å²) in [6.45, 7) is 3.21. The summed E-state index contributed by atoms with van der Waals surface area (Å²) < 4.78 is 0. The van der Waals surface area contributed by atoms with E-state index in [9.17, 15) is 4.79 Å². The molecular formula is C15H28N2O. The minimum absolute atomic E-state index is 0.174. The zero-order valence-corrected chi connectivity index (χ0v) is 11.7. The van der Waals surface area contributed by atoms with Gasteiger partial charge in [0.2, 0.25) is 5.91 Å². The maximum Gasteiger partial charge on any atom is 0.223 e. The average molecular weight is 252 g/mol. The number of nitrogens with two attached hydrogens (primary N) is 1. The maximum absolute atomic E-state index is 12.1. The van der Waals surface area contributed by atoms with Crippen molar-refractivity contribution in [2.24, 2.45) is 23.5 Å². The molecule has 0 aromatic rings. The van der Waals surface area contributed by atoms with Crippen molar-refractivity contribution < 1.29 is 4.79 Å². The fourth-order valence-corrected chi connectivity index (χ4v) is 3.54. The molecule has 3 N–H and O–H groups in total. The van der Waals surface area contributed by atoms with Crippen LogP contribution in [0, 0.1) is 17.8 Å². The van der Waals surface area contributed by atoms with Gasteiger partial charge in [0.15, 0.2) is 0 Å². The lowest BCUT2D eigenvalue weighted by Crippen LogP contribution is -2.40. The second-order valence-electron chi connectivity index (χ2n) is 6.39. The van der Waals surface area contributed by atoms with Gasteiger partial charge in [-0.2, -0.15) is 0 Å². The summed E-state index contributed by atoms with van der Waals surface area (Å²) in [6, 6.07) is 0.239. The van der Waals surface area contributed by atoms with Gasteiger partial charge in [-0.1, -0.05) is 32.6 Å². The monoisotopic (exact) mass is 252 g/mol. The predicted octanol–water partition coefficient (Wildman–Crippen LogP) is 2.45. The molecule has 0 radical (unpaired) electrons. The van der Waals surface area contributed by atoms with Gasteiger partial charge in [-0.05, 0) is 37.5 Å². The number of nitrogens with one attached hydrogen (secondary N) is 1. The maximum atomic E-state index is 12.1. The molecule has 0 aliphatic heterocycles. The molecule has 104 valence electrons. The second-order valence-corrected chi connectivity index (χ2v) is 6.39. The molecule has 18 heavy (non-hydrogen) atoms. The van der Waals surface area contributed by atoms with Crippen LogP contribution in [0.5, 0.6) is 0 Å². The third-order valence-electron chi connectivity index (χ3n) is 4.91. The van der Waals surface area contributed by atoms with Crippen LogP contribution in [0.2, 0.25) is 0 Å². The largest absolute Gasteiger partial charge is 0.356 e. The van der Waals surface area contributed by atoms with E-state index in [1.54, 1.807) is 0 Å². The predicted molar refractivity (Wildman–Crippen MR) is 74.1 cm³/mol. The van der Waals surface area contributed by atoms with Crippen LogP contribution in [0.4, 0.5) is 0 Å². The van der Waals surface area contributed by atoms with Crippen molar-refractivity contribution in [1.82, 2.24) is 5.32 Å². The Labute approximate surface area is 111 Å². The molecular weight excluding hydrogens is 224 g/mol. The number of hydrogen-bond donors (Lipinski definition) is 2. The Hall–Kier alpha value is -0.570. The number of carbonyl (C=O) groups is 1. The summed E-state index contributed by atoms with van der Waals surface area (Å²) in [6.07, 6.45) is 9.41. The van der Waals surface area contributed by atoms with Gasteiger partial charge < -0.3 is 11.1 Å². The molecule has 4 atom stereocenters. The van der Waals surface area contributed by atoms with Gasteiger partial charge in [0.1, 0.15) is 0 Å². The highest BCUT2D eigenvalue weighted by atomic mass is 16.1. The van der Waals surface area contributed by atoms with Crippen molar-refractivity contribution in [1.29, 1.82) is 0 Å². The normalized spacial score (nSPS) is 37.2. The van der Waals surface area contributed by atoms with E-state index in [-0.39, 0.29) is 17.9 Å². The smallest absolute Gasteiger partial charge is 0.223 e. The molecule has 0 aromatic heterocycles. The minimum atomic E-state index is 0.174. The lowest BCUT2D eigenvalue weighted by Gasteiger charge is -2.30. The Morgan fingerprint density at radius 3 is 2.67 bits per heavy atom. The van der Waals surface area contributed by atoms with Crippen LogP contribution < -0.4 is 11.1 Å². The zero-order valence-electron chi connectivity index (χ0n) is 11.7. The molecule has 3 heteroatoms. The number of hydrogen-bond acceptors (Lipinski definition) is 2. The third kappa shape index (κ3) is 3.71. The van der Waals surface area contributed by atoms with Crippen molar-refractivity contribution >= 4 is 5.91 Å². The molecule has 2 rings (SSSR count). The summed E-state index contributed by atoms with van der Waals surface area (Å²) >= 11 is 0. The number of carbonyl (C=O) groups excluding carboxylic acids is 1. The van der Waals surface area contributed by atoms with Gasteiger partial charge in [-0.3, -0.25) is 4.79 Å². The summed E-state index contributed by atoms with van der Waals surface area (Å²) in [4.78, 5) is 12.1. The zero-order chi connectivity index (χ0) is 13.0. The first-order valence-electron chi connectivity index (χ1n) is 7.70. The van der Waals surface area contributed by atoms with Crippen molar-refractivity contribution in [3.8, 4) is 0 Å². The highest BCUT2D eigenvalue weighted by molar-refractivity contribution is 5.78. The lowest BCUT2D eigenvalue weighted by atomic mass is 9.80. The third-order valence-corrected chi connectivity index (χ3v) is 4.91. The molecule has 2 aliphatic rings. The van der Waals surface area contributed by atoms with E-state index in [4.69, 9.17) is 5.73 Å². The second kappa shape index (κ2) is 6.55. The first kappa shape index (κ1) is 13.9. The molecule has 0 heterocycles. The first-order valence-corrected chi connectivity index (χ1v) is 7.70. The summed E-state index contributed by atoms with van der Waals surface area (Å²) in [5, 5.41) is 3.18. The van der Waals surface area contributed by atoms with Crippen LogP contribution in [0.1, 0.15) is 58.3 Å². The molecule has 2 aliphatic carbocycles. The van der Waals surface area contributed by atoms with Crippen LogP contribution in [0.25, 0.3) is 0 Å². The fraction of sp³-hybridized carbons (Fsp3) is 0.933. The number of amides is 1. The molecule has 0 bridgehead atoms. The molecule has 3 nitrogen and oxygen atoms in total. The standard InChI is InChI=1S/C15H28N2O/c1-11-5-2-3-6-13(11)10-17-15(18)12-7-4-8-14(16)9-12/h11-14H,2-10,16H2,1H3,(H,17,18). The van der Waals surface area contributed by atoms with Crippen molar-refractivity contribution in [3.63, 3.8) is 0 Å². The summed E-state index contributed by atoms with van der Waals surface area (Å²) in [5.41, 5.74) is 5.94. The molecule has 0 saturated heterocycles. The first-order chi connectivity index (χ1) is 8.66. The van der Waals surface area contributed by atoms with E-state index in [2.05, 4.69) is 12.2 Å². The Kier molecular flexibility index (Phi) is 5.04. The molecule has 1 amide bonds. The van der Waals surface area contributed by atoms with Gasteiger partial charge in [-0.25, -0.2) is 0 Å². The minimum Gasteiger partial charge on any atom is -0.356 e. The topological polar surface area (TPSA) is 55.1 Å². The molecule has 4 unspecified atom stereocenters. The molecule has 2 saturated carbocycles. The Balaban J connectivity index is 1.73. The molecule has 0 aromatic carbocycles. The fourth-order valence-electron chi connectivity index (χ4n) is 3.54. The van der Waals surface area contributed by atoms with E-state index in [1.807, 2.05) is 0 Å². The van der Waals surface area contributed by atoms with E-state index >= 15 is 0 Å². The Bertz CT molecular complexity index is 280. The van der Waals surface area contributed by atoms with E-state index < -0.39 is 0 Å². The summed E-state index contributed by atoms with van der Waals surface area (Å²) in [7, 11) is 0. The lowest BCUT2D eigenvalue weighted by molar-refractivity contribution is -0.126. The molecule has 2 fully saturated rings. The molecule has 0 spiro atoms. The average Bonchev–Trinajstić information content (AvgIpc) is 2.37.